The van der Waals surface area contributed by atoms with Gasteiger partial charge in [-0.15, -0.1) is 0 Å². The summed E-state index contributed by atoms with van der Waals surface area (Å²) in [6.45, 7) is -1.13. The van der Waals surface area contributed by atoms with Gasteiger partial charge in [0.25, 0.3) is 0 Å². The Morgan fingerprint density at radius 2 is 2.19 bits per heavy atom. The minimum atomic E-state index is -4.31. The van der Waals surface area contributed by atoms with Crippen molar-refractivity contribution < 1.29 is 13.2 Å². The average Bonchev–Trinajstić information content (AvgIpc) is 2.15. The first kappa shape index (κ1) is 12.6. The normalized spacial score (nSPS) is 11.2. The van der Waals surface area contributed by atoms with Crippen LogP contribution in [0.5, 0.6) is 0 Å². The predicted molar refractivity (Wildman–Crippen MR) is 57.2 cm³/mol. The molecule has 1 heterocycles. The van der Waals surface area contributed by atoms with Gasteiger partial charge in [0.2, 0.25) is 5.95 Å². The number of nitrogens with zero attached hydrogens (tertiary/aromatic N) is 3. The summed E-state index contributed by atoms with van der Waals surface area (Å²) in [5, 5.41) is 0. The molecule has 1 rings (SSSR count). The van der Waals surface area contributed by atoms with E-state index in [0.29, 0.717) is 0 Å². The first-order valence-electron chi connectivity index (χ1n) is 4.20. The second-order valence-corrected chi connectivity index (χ2v) is 3.52. The van der Waals surface area contributed by atoms with Crippen molar-refractivity contribution >= 4 is 23.2 Å². The van der Waals surface area contributed by atoms with Gasteiger partial charge in [-0.3, -0.25) is 0 Å². The Labute approximate surface area is 95.3 Å². The van der Waals surface area contributed by atoms with E-state index < -0.39 is 12.7 Å². The van der Waals surface area contributed by atoms with Crippen molar-refractivity contribution in [3.05, 3.63) is 18.0 Å². The molecule has 1 aromatic rings. The maximum Gasteiger partial charge on any atom is 0.406 e. The monoisotopic (exact) mass is 250 g/mol. The van der Waals surface area contributed by atoms with Crippen LogP contribution in [-0.2, 0) is 0 Å². The number of thiocarbonyl (C=S) groups is 1. The van der Waals surface area contributed by atoms with Gasteiger partial charge in [0.1, 0.15) is 17.2 Å². The molecule has 0 aliphatic heterocycles. The van der Waals surface area contributed by atoms with E-state index in [1.807, 2.05) is 0 Å². The fraction of sp³-hybridized carbons (Fsp3) is 0.375. The molecular formula is C8H9F3N4S. The highest BCUT2D eigenvalue weighted by Crippen LogP contribution is 2.18. The molecule has 0 atom stereocenters. The van der Waals surface area contributed by atoms with Crippen LogP contribution in [0, 0.1) is 0 Å². The van der Waals surface area contributed by atoms with Crippen molar-refractivity contribution in [3.63, 3.8) is 0 Å². The van der Waals surface area contributed by atoms with Crippen LogP contribution in [0.25, 0.3) is 0 Å². The largest absolute Gasteiger partial charge is 0.406 e. The number of hydrogen-bond donors (Lipinski definition) is 1. The van der Waals surface area contributed by atoms with Crippen LogP contribution < -0.4 is 10.6 Å². The Kier molecular flexibility index (Phi) is 3.63. The number of aromatic nitrogens is 2. The van der Waals surface area contributed by atoms with E-state index in [4.69, 9.17) is 5.73 Å². The van der Waals surface area contributed by atoms with Gasteiger partial charge < -0.3 is 10.6 Å². The van der Waals surface area contributed by atoms with Crippen LogP contribution in [0.3, 0.4) is 0 Å². The van der Waals surface area contributed by atoms with Crippen LogP contribution in [0.1, 0.15) is 5.69 Å². The molecule has 16 heavy (non-hydrogen) atoms. The molecule has 0 saturated carbocycles. The number of hydrogen-bond acceptors (Lipinski definition) is 4. The zero-order valence-electron chi connectivity index (χ0n) is 8.32. The van der Waals surface area contributed by atoms with Crippen molar-refractivity contribution in [1.29, 1.82) is 0 Å². The van der Waals surface area contributed by atoms with Crippen molar-refractivity contribution in [1.82, 2.24) is 9.97 Å². The van der Waals surface area contributed by atoms with Gasteiger partial charge in [-0.25, -0.2) is 9.97 Å². The molecule has 0 unspecified atom stereocenters. The molecule has 0 saturated heterocycles. The second kappa shape index (κ2) is 4.60. The summed E-state index contributed by atoms with van der Waals surface area (Å²) < 4.78 is 36.3. The number of alkyl halides is 3. The predicted octanol–water partition coefficient (Wildman–Crippen LogP) is 1.11. The van der Waals surface area contributed by atoms with E-state index in [2.05, 4.69) is 22.2 Å². The molecular weight excluding hydrogens is 241 g/mol. The van der Waals surface area contributed by atoms with Crippen LogP contribution in [0.2, 0.25) is 0 Å². The lowest BCUT2D eigenvalue weighted by Gasteiger charge is -2.18. The lowest BCUT2D eigenvalue weighted by molar-refractivity contribution is -0.119. The maximum absolute atomic E-state index is 12.1. The molecule has 2 N–H and O–H groups in total. The third-order valence-electron chi connectivity index (χ3n) is 1.65. The van der Waals surface area contributed by atoms with Gasteiger partial charge in [0.05, 0.1) is 0 Å². The number of anilines is 1. The summed E-state index contributed by atoms with van der Waals surface area (Å²) in [6.07, 6.45) is -3.00. The van der Waals surface area contributed by atoms with Gasteiger partial charge >= 0.3 is 6.18 Å². The highest BCUT2D eigenvalue weighted by atomic mass is 32.1. The van der Waals surface area contributed by atoms with Gasteiger partial charge in [-0.05, 0) is 6.07 Å². The summed E-state index contributed by atoms with van der Waals surface area (Å²) in [5.41, 5.74) is 5.55. The van der Waals surface area contributed by atoms with Gasteiger partial charge in [0, 0.05) is 13.2 Å². The third kappa shape index (κ3) is 3.61. The van der Waals surface area contributed by atoms with Crippen molar-refractivity contribution in [2.24, 2.45) is 5.73 Å². The zero-order chi connectivity index (χ0) is 12.3. The fourth-order valence-electron chi connectivity index (χ4n) is 1.01. The topological polar surface area (TPSA) is 55.0 Å². The fourth-order valence-corrected chi connectivity index (χ4v) is 1.12. The summed E-state index contributed by atoms with van der Waals surface area (Å²) in [5.74, 6) is -0.0670. The smallest absolute Gasteiger partial charge is 0.388 e. The average molecular weight is 250 g/mol. The summed E-state index contributed by atoms with van der Waals surface area (Å²) in [4.78, 5) is 8.40. The lowest BCUT2D eigenvalue weighted by Crippen LogP contribution is -2.32. The molecule has 0 amide bonds. The SMILES string of the molecule is CN(CC(F)(F)F)c1nccc(C(N)=S)n1. The van der Waals surface area contributed by atoms with E-state index in [0.717, 1.165) is 4.90 Å². The van der Waals surface area contributed by atoms with Crippen molar-refractivity contribution in [2.45, 2.75) is 6.18 Å². The first-order chi connectivity index (χ1) is 7.29. The molecule has 0 aliphatic carbocycles. The minimum Gasteiger partial charge on any atom is -0.388 e. The molecule has 1 aromatic heterocycles. The Bertz CT molecular complexity index is 393. The van der Waals surface area contributed by atoms with E-state index in [9.17, 15) is 13.2 Å². The second-order valence-electron chi connectivity index (χ2n) is 3.08. The third-order valence-corrected chi connectivity index (χ3v) is 1.86. The Balaban J connectivity index is 2.87. The van der Waals surface area contributed by atoms with Crippen molar-refractivity contribution in [2.75, 3.05) is 18.5 Å². The molecule has 0 aliphatic rings. The molecule has 8 heteroatoms. The van der Waals surface area contributed by atoms with Gasteiger partial charge in [0.15, 0.2) is 0 Å². The van der Waals surface area contributed by atoms with Gasteiger partial charge in [-0.2, -0.15) is 13.2 Å². The number of halogens is 3. The minimum absolute atomic E-state index is 0.0176. The zero-order valence-corrected chi connectivity index (χ0v) is 9.14. The Hall–Kier alpha value is -1.44. The molecule has 0 radical (unpaired) electrons. The van der Waals surface area contributed by atoms with E-state index in [-0.39, 0.29) is 16.6 Å². The van der Waals surface area contributed by atoms with Crippen molar-refractivity contribution in [3.8, 4) is 0 Å². The summed E-state index contributed by atoms with van der Waals surface area (Å²) in [7, 11) is 1.24. The molecule has 0 aromatic carbocycles. The molecule has 0 spiro atoms. The first-order valence-corrected chi connectivity index (χ1v) is 4.61. The number of nitrogens with two attached hydrogens (primary N) is 1. The highest BCUT2D eigenvalue weighted by Gasteiger charge is 2.30. The van der Waals surface area contributed by atoms with Crippen LogP contribution >= 0.6 is 12.2 Å². The highest BCUT2D eigenvalue weighted by molar-refractivity contribution is 7.80. The van der Waals surface area contributed by atoms with Crippen LogP contribution in [0.4, 0.5) is 19.1 Å². The van der Waals surface area contributed by atoms with E-state index in [1.54, 1.807) is 0 Å². The molecule has 4 nitrogen and oxygen atoms in total. The summed E-state index contributed by atoms with van der Waals surface area (Å²) in [6, 6.07) is 1.44. The van der Waals surface area contributed by atoms with Crippen LogP contribution in [0.15, 0.2) is 12.3 Å². The molecule has 0 bridgehead atoms. The quantitative estimate of drug-likeness (QED) is 0.814. The lowest BCUT2D eigenvalue weighted by atomic mass is 10.4. The maximum atomic E-state index is 12.1. The number of rotatable bonds is 3. The Morgan fingerprint density at radius 3 is 2.69 bits per heavy atom. The molecule has 88 valence electrons. The van der Waals surface area contributed by atoms with Gasteiger partial charge in [-0.1, -0.05) is 12.2 Å². The van der Waals surface area contributed by atoms with Crippen LogP contribution in [-0.4, -0.2) is 34.7 Å². The molecule has 0 fully saturated rings. The standard InChI is InChI=1S/C8H9F3N4S/c1-15(4-8(9,10)11)7-13-3-2-5(14-7)6(12)16/h2-3H,4H2,1H3,(H2,12,16). The van der Waals surface area contributed by atoms with E-state index in [1.165, 1.54) is 19.3 Å². The Morgan fingerprint density at radius 1 is 1.56 bits per heavy atom. The summed E-state index contributed by atoms with van der Waals surface area (Å²) >= 11 is 4.66. The van der Waals surface area contributed by atoms with E-state index >= 15 is 0 Å².